The number of aromatic hydroxyl groups is 1. The summed E-state index contributed by atoms with van der Waals surface area (Å²) in [7, 11) is 0. The Morgan fingerprint density at radius 1 is 0.950 bits per heavy atom. The first-order valence-corrected chi connectivity index (χ1v) is 5.33. The molecule has 0 saturated carbocycles. The number of hydrogen-bond acceptors (Lipinski definition) is 2. The van der Waals surface area contributed by atoms with Crippen LogP contribution in [0, 0.1) is 23.3 Å². The normalized spacial score (nSPS) is 10.4. The SMILES string of the molecule is O=C(Nc1ccc(O)c(F)c1)c1ccc(F)c(F)c1F. The van der Waals surface area contributed by atoms with Crippen molar-refractivity contribution in [3.63, 3.8) is 0 Å². The molecule has 104 valence electrons. The summed E-state index contributed by atoms with van der Waals surface area (Å²) in [5, 5.41) is 11.1. The molecule has 7 heteroatoms. The van der Waals surface area contributed by atoms with Crippen LogP contribution in [0.15, 0.2) is 30.3 Å². The zero-order valence-electron chi connectivity index (χ0n) is 9.75. The van der Waals surface area contributed by atoms with Gasteiger partial charge in [0, 0.05) is 11.8 Å². The van der Waals surface area contributed by atoms with Crippen LogP contribution in [0.5, 0.6) is 5.75 Å². The minimum atomic E-state index is -1.77. The summed E-state index contributed by atoms with van der Waals surface area (Å²) >= 11 is 0. The Kier molecular flexibility index (Phi) is 3.60. The van der Waals surface area contributed by atoms with Gasteiger partial charge >= 0.3 is 0 Å². The highest BCUT2D eigenvalue weighted by molar-refractivity contribution is 6.04. The van der Waals surface area contributed by atoms with Gasteiger partial charge in [0.05, 0.1) is 5.56 Å². The van der Waals surface area contributed by atoms with Crippen LogP contribution >= 0.6 is 0 Å². The van der Waals surface area contributed by atoms with Gasteiger partial charge in [-0.2, -0.15) is 0 Å². The van der Waals surface area contributed by atoms with E-state index in [0.717, 1.165) is 24.3 Å². The largest absolute Gasteiger partial charge is 0.505 e. The van der Waals surface area contributed by atoms with Gasteiger partial charge in [-0.25, -0.2) is 17.6 Å². The van der Waals surface area contributed by atoms with Gasteiger partial charge < -0.3 is 10.4 Å². The monoisotopic (exact) mass is 285 g/mol. The van der Waals surface area contributed by atoms with Crippen LogP contribution in [0.4, 0.5) is 23.2 Å². The van der Waals surface area contributed by atoms with Crippen LogP contribution in [0.3, 0.4) is 0 Å². The van der Waals surface area contributed by atoms with Crippen LogP contribution in [0.2, 0.25) is 0 Å². The summed E-state index contributed by atoms with van der Waals surface area (Å²) in [6, 6.07) is 4.30. The molecule has 0 bridgehead atoms. The first kappa shape index (κ1) is 13.9. The number of phenolic OH excluding ortho intramolecular Hbond substituents is 1. The molecule has 3 nitrogen and oxygen atoms in total. The molecule has 0 aliphatic rings. The fraction of sp³-hybridized carbons (Fsp3) is 0. The maximum absolute atomic E-state index is 13.4. The van der Waals surface area contributed by atoms with E-state index in [1.807, 2.05) is 0 Å². The quantitative estimate of drug-likeness (QED) is 0.506. The highest BCUT2D eigenvalue weighted by atomic mass is 19.2. The second kappa shape index (κ2) is 5.20. The summed E-state index contributed by atoms with van der Waals surface area (Å²) in [4.78, 5) is 11.7. The van der Waals surface area contributed by atoms with Crippen molar-refractivity contribution in [1.29, 1.82) is 0 Å². The molecule has 0 radical (unpaired) electrons. The third kappa shape index (κ3) is 2.56. The van der Waals surface area contributed by atoms with E-state index < -0.39 is 40.5 Å². The number of phenols is 1. The number of amides is 1. The van der Waals surface area contributed by atoms with E-state index in [0.29, 0.717) is 6.07 Å². The molecule has 2 aromatic rings. The molecule has 0 aliphatic heterocycles. The van der Waals surface area contributed by atoms with Crippen LogP contribution in [-0.2, 0) is 0 Å². The van der Waals surface area contributed by atoms with Crippen LogP contribution < -0.4 is 5.32 Å². The van der Waals surface area contributed by atoms with Crippen molar-refractivity contribution in [2.24, 2.45) is 0 Å². The molecular weight excluding hydrogens is 278 g/mol. The highest BCUT2D eigenvalue weighted by Gasteiger charge is 2.19. The maximum atomic E-state index is 13.4. The predicted octanol–water partition coefficient (Wildman–Crippen LogP) is 3.20. The molecule has 20 heavy (non-hydrogen) atoms. The molecule has 2 N–H and O–H groups in total. The second-order valence-electron chi connectivity index (χ2n) is 3.84. The van der Waals surface area contributed by atoms with Crippen molar-refractivity contribution in [1.82, 2.24) is 0 Å². The van der Waals surface area contributed by atoms with E-state index in [4.69, 9.17) is 5.11 Å². The molecule has 0 heterocycles. The van der Waals surface area contributed by atoms with E-state index in [1.165, 1.54) is 0 Å². The van der Waals surface area contributed by atoms with Crippen molar-refractivity contribution in [3.8, 4) is 5.75 Å². The average molecular weight is 285 g/mol. The number of nitrogens with one attached hydrogen (secondary N) is 1. The second-order valence-corrected chi connectivity index (χ2v) is 3.84. The fourth-order valence-electron chi connectivity index (χ4n) is 1.48. The van der Waals surface area contributed by atoms with E-state index in [-0.39, 0.29) is 5.69 Å². The summed E-state index contributed by atoms with van der Waals surface area (Å²) in [5.41, 5.74) is -0.799. The Bertz CT molecular complexity index is 688. The van der Waals surface area contributed by atoms with Crippen molar-refractivity contribution < 1.29 is 27.5 Å². The average Bonchev–Trinajstić information content (AvgIpc) is 2.40. The van der Waals surface area contributed by atoms with Gasteiger partial charge in [0.25, 0.3) is 5.91 Å². The number of hydrogen-bond donors (Lipinski definition) is 2. The molecule has 1 amide bonds. The minimum Gasteiger partial charge on any atom is -0.505 e. The van der Waals surface area contributed by atoms with Crippen LogP contribution in [0.1, 0.15) is 10.4 Å². The smallest absolute Gasteiger partial charge is 0.258 e. The Labute approximate surface area is 110 Å². The lowest BCUT2D eigenvalue weighted by molar-refractivity contribution is 0.102. The van der Waals surface area contributed by atoms with Crippen molar-refractivity contribution in [3.05, 3.63) is 59.2 Å². The summed E-state index contributed by atoms with van der Waals surface area (Å²) < 4.78 is 52.1. The van der Waals surface area contributed by atoms with Gasteiger partial charge in [-0.3, -0.25) is 4.79 Å². The predicted molar refractivity (Wildman–Crippen MR) is 62.3 cm³/mol. The minimum absolute atomic E-state index is 0.0746. The standard InChI is InChI=1S/C13H7F4NO2/c14-8-3-2-7(11(16)12(8)17)13(20)18-6-1-4-10(19)9(15)5-6/h1-5,19H,(H,18,20). The maximum Gasteiger partial charge on any atom is 0.258 e. The molecule has 2 aromatic carbocycles. The molecule has 2 rings (SSSR count). The molecular formula is C13H7F4NO2. The summed E-state index contributed by atoms with van der Waals surface area (Å²) in [6.45, 7) is 0. The summed E-state index contributed by atoms with van der Waals surface area (Å²) in [6.07, 6.45) is 0. The molecule has 0 aromatic heterocycles. The van der Waals surface area contributed by atoms with Crippen molar-refractivity contribution in [2.45, 2.75) is 0 Å². The third-order valence-electron chi connectivity index (χ3n) is 2.49. The van der Waals surface area contributed by atoms with Gasteiger partial charge in [-0.1, -0.05) is 0 Å². The molecule has 0 fully saturated rings. The van der Waals surface area contributed by atoms with Crippen LogP contribution in [0.25, 0.3) is 0 Å². The van der Waals surface area contributed by atoms with Gasteiger partial charge in [0.15, 0.2) is 29.0 Å². The number of halogens is 4. The Hall–Kier alpha value is -2.57. The summed E-state index contributed by atoms with van der Waals surface area (Å²) in [5.74, 6) is -7.52. The third-order valence-corrected chi connectivity index (χ3v) is 2.49. The van der Waals surface area contributed by atoms with Gasteiger partial charge in [0.1, 0.15) is 0 Å². The van der Waals surface area contributed by atoms with Crippen molar-refractivity contribution in [2.75, 3.05) is 5.32 Å². The number of anilines is 1. The number of benzene rings is 2. The van der Waals surface area contributed by atoms with E-state index >= 15 is 0 Å². The lowest BCUT2D eigenvalue weighted by Crippen LogP contribution is -2.15. The van der Waals surface area contributed by atoms with Gasteiger partial charge in [-0.05, 0) is 24.3 Å². The van der Waals surface area contributed by atoms with Crippen molar-refractivity contribution >= 4 is 11.6 Å². The topological polar surface area (TPSA) is 49.3 Å². The van der Waals surface area contributed by atoms with Gasteiger partial charge in [0.2, 0.25) is 0 Å². The molecule has 0 atom stereocenters. The fourth-order valence-corrected chi connectivity index (χ4v) is 1.48. The van der Waals surface area contributed by atoms with Gasteiger partial charge in [-0.15, -0.1) is 0 Å². The highest BCUT2D eigenvalue weighted by Crippen LogP contribution is 2.21. The van der Waals surface area contributed by atoms with E-state index in [9.17, 15) is 22.4 Å². The van der Waals surface area contributed by atoms with E-state index in [2.05, 4.69) is 5.32 Å². The molecule has 0 saturated heterocycles. The lowest BCUT2D eigenvalue weighted by Gasteiger charge is -2.07. The first-order valence-electron chi connectivity index (χ1n) is 5.33. The zero-order chi connectivity index (χ0) is 14.9. The Balaban J connectivity index is 2.28. The Morgan fingerprint density at radius 3 is 2.30 bits per heavy atom. The number of rotatable bonds is 2. The van der Waals surface area contributed by atoms with Crippen LogP contribution in [-0.4, -0.2) is 11.0 Å². The molecule has 0 spiro atoms. The molecule has 0 aliphatic carbocycles. The first-order chi connectivity index (χ1) is 9.40. The molecule has 0 unspecified atom stereocenters. The van der Waals surface area contributed by atoms with E-state index in [1.54, 1.807) is 0 Å². The number of carbonyl (C=O) groups excluding carboxylic acids is 1. The zero-order valence-corrected chi connectivity index (χ0v) is 9.75. The lowest BCUT2D eigenvalue weighted by atomic mass is 10.1. The number of carbonyl (C=O) groups is 1. The Morgan fingerprint density at radius 2 is 1.65 bits per heavy atom.